The second-order valence-corrected chi connectivity index (χ2v) is 5.66. The molecule has 17 heavy (non-hydrogen) atoms. The summed E-state index contributed by atoms with van der Waals surface area (Å²) in [5, 5.41) is 1.09. The van der Waals surface area contributed by atoms with Gasteiger partial charge in [0.1, 0.15) is 0 Å². The first-order valence-electron chi connectivity index (χ1n) is 6.52. The van der Waals surface area contributed by atoms with Crippen LogP contribution in [0.4, 0.5) is 0 Å². The van der Waals surface area contributed by atoms with Crippen LogP contribution < -0.4 is 0 Å². The fourth-order valence-electron chi connectivity index (χ4n) is 2.30. The largest absolute Gasteiger partial charge is 0.295 e. The number of halogens is 1. The van der Waals surface area contributed by atoms with Gasteiger partial charge in [0.05, 0.1) is 5.69 Å². The quantitative estimate of drug-likeness (QED) is 0.747. The highest BCUT2D eigenvalue weighted by molar-refractivity contribution is 9.09. The Bertz CT molecular complexity index is 350. The van der Waals surface area contributed by atoms with Crippen LogP contribution in [0.1, 0.15) is 37.1 Å². The SMILES string of the molecule is Cc1cccc(CN(CCCBr)C2CCC2)n1. The van der Waals surface area contributed by atoms with Crippen LogP contribution in [-0.4, -0.2) is 27.8 Å². The standard InChI is InChI=1S/C14H21BrN2/c1-12-5-2-6-13(16-12)11-17(10-4-9-15)14-7-3-8-14/h2,5-6,14H,3-4,7-11H2,1H3. The van der Waals surface area contributed by atoms with Gasteiger partial charge in [-0.25, -0.2) is 0 Å². The second kappa shape index (κ2) is 6.50. The number of hydrogen-bond donors (Lipinski definition) is 0. The molecule has 0 amide bonds. The fraction of sp³-hybridized carbons (Fsp3) is 0.643. The molecule has 1 heterocycles. The Kier molecular flexibility index (Phi) is 4.99. The summed E-state index contributed by atoms with van der Waals surface area (Å²) in [7, 11) is 0. The van der Waals surface area contributed by atoms with Gasteiger partial charge >= 0.3 is 0 Å². The van der Waals surface area contributed by atoms with Crippen molar-refractivity contribution in [1.29, 1.82) is 0 Å². The highest BCUT2D eigenvalue weighted by Gasteiger charge is 2.24. The lowest BCUT2D eigenvalue weighted by Gasteiger charge is -2.37. The van der Waals surface area contributed by atoms with Gasteiger partial charge in [0, 0.05) is 23.6 Å². The van der Waals surface area contributed by atoms with Crippen LogP contribution >= 0.6 is 15.9 Å². The molecule has 2 rings (SSSR count). The summed E-state index contributed by atoms with van der Waals surface area (Å²) in [5.41, 5.74) is 2.34. The minimum absolute atomic E-state index is 0.802. The van der Waals surface area contributed by atoms with Crippen molar-refractivity contribution in [3.05, 3.63) is 29.6 Å². The van der Waals surface area contributed by atoms with E-state index in [1.54, 1.807) is 0 Å². The Morgan fingerprint density at radius 3 is 2.82 bits per heavy atom. The fourth-order valence-corrected chi connectivity index (χ4v) is 2.55. The molecule has 0 atom stereocenters. The molecule has 0 radical (unpaired) electrons. The summed E-state index contributed by atoms with van der Waals surface area (Å²) in [5.74, 6) is 0. The average Bonchev–Trinajstić information content (AvgIpc) is 2.23. The molecule has 1 aromatic rings. The molecular weight excluding hydrogens is 276 g/mol. The first-order chi connectivity index (χ1) is 8.29. The van der Waals surface area contributed by atoms with E-state index in [0.717, 1.165) is 23.6 Å². The Morgan fingerprint density at radius 2 is 2.24 bits per heavy atom. The first kappa shape index (κ1) is 13.0. The molecular formula is C14H21BrN2. The number of alkyl halides is 1. The molecule has 0 aliphatic heterocycles. The topological polar surface area (TPSA) is 16.1 Å². The van der Waals surface area contributed by atoms with E-state index >= 15 is 0 Å². The van der Waals surface area contributed by atoms with Gasteiger partial charge in [-0.15, -0.1) is 0 Å². The normalized spacial score (nSPS) is 16.2. The Labute approximate surface area is 113 Å². The predicted molar refractivity (Wildman–Crippen MR) is 75.4 cm³/mol. The van der Waals surface area contributed by atoms with Crippen LogP contribution in [0.25, 0.3) is 0 Å². The van der Waals surface area contributed by atoms with Crippen LogP contribution in [0, 0.1) is 6.92 Å². The van der Waals surface area contributed by atoms with Crippen LogP contribution in [0.3, 0.4) is 0 Å². The summed E-state index contributed by atoms with van der Waals surface area (Å²) >= 11 is 3.52. The van der Waals surface area contributed by atoms with Gasteiger partial charge in [-0.1, -0.05) is 28.4 Å². The molecule has 0 unspecified atom stereocenters. The number of nitrogens with zero attached hydrogens (tertiary/aromatic N) is 2. The molecule has 1 aliphatic rings. The Hall–Kier alpha value is -0.410. The van der Waals surface area contributed by atoms with Gasteiger partial charge in [0.15, 0.2) is 0 Å². The maximum absolute atomic E-state index is 4.61. The Morgan fingerprint density at radius 1 is 1.41 bits per heavy atom. The van der Waals surface area contributed by atoms with Crippen molar-refractivity contribution in [3.8, 4) is 0 Å². The molecule has 0 spiro atoms. The van der Waals surface area contributed by atoms with E-state index in [4.69, 9.17) is 0 Å². The minimum Gasteiger partial charge on any atom is -0.295 e. The summed E-state index contributed by atoms with van der Waals surface area (Å²) in [6, 6.07) is 7.13. The van der Waals surface area contributed by atoms with Gasteiger partial charge in [0.25, 0.3) is 0 Å². The first-order valence-corrected chi connectivity index (χ1v) is 7.64. The van der Waals surface area contributed by atoms with Crippen molar-refractivity contribution in [3.63, 3.8) is 0 Å². The van der Waals surface area contributed by atoms with Crippen LogP contribution in [-0.2, 0) is 6.54 Å². The smallest absolute Gasteiger partial charge is 0.0547 e. The third kappa shape index (κ3) is 3.78. The molecule has 0 N–H and O–H groups in total. The van der Waals surface area contributed by atoms with E-state index in [9.17, 15) is 0 Å². The third-order valence-electron chi connectivity index (χ3n) is 3.48. The van der Waals surface area contributed by atoms with Crippen molar-refractivity contribution in [2.24, 2.45) is 0 Å². The van der Waals surface area contributed by atoms with Gasteiger partial charge in [-0.3, -0.25) is 9.88 Å². The van der Waals surface area contributed by atoms with Gasteiger partial charge < -0.3 is 0 Å². The van der Waals surface area contributed by atoms with Crippen molar-refractivity contribution in [1.82, 2.24) is 9.88 Å². The van der Waals surface area contributed by atoms with Gasteiger partial charge in [0.2, 0.25) is 0 Å². The molecule has 1 saturated carbocycles. The molecule has 0 aromatic carbocycles. The van der Waals surface area contributed by atoms with Crippen molar-refractivity contribution in [2.45, 2.75) is 45.2 Å². The van der Waals surface area contributed by atoms with E-state index in [0.29, 0.717) is 0 Å². The lowest BCUT2D eigenvalue weighted by atomic mass is 9.91. The summed E-state index contributed by atoms with van der Waals surface area (Å²) in [6.45, 7) is 4.26. The molecule has 1 aliphatic carbocycles. The summed E-state index contributed by atoms with van der Waals surface area (Å²) < 4.78 is 0. The third-order valence-corrected chi connectivity index (χ3v) is 4.04. The van der Waals surface area contributed by atoms with Crippen molar-refractivity contribution in [2.75, 3.05) is 11.9 Å². The molecule has 1 fully saturated rings. The highest BCUT2D eigenvalue weighted by atomic mass is 79.9. The van der Waals surface area contributed by atoms with E-state index in [1.165, 1.54) is 37.9 Å². The summed E-state index contributed by atoms with van der Waals surface area (Å²) in [6.07, 6.45) is 5.36. The number of hydrogen-bond acceptors (Lipinski definition) is 2. The molecule has 0 bridgehead atoms. The molecule has 1 aromatic heterocycles. The maximum atomic E-state index is 4.61. The molecule has 0 saturated heterocycles. The molecule has 3 heteroatoms. The maximum Gasteiger partial charge on any atom is 0.0547 e. The van der Waals surface area contributed by atoms with E-state index in [2.05, 4.69) is 50.9 Å². The molecule has 94 valence electrons. The van der Waals surface area contributed by atoms with Crippen LogP contribution in [0.2, 0.25) is 0 Å². The summed E-state index contributed by atoms with van der Waals surface area (Å²) in [4.78, 5) is 7.21. The van der Waals surface area contributed by atoms with E-state index in [-0.39, 0.29) is 0 Å². The number of aromatic nitrogens is 1. The molecule has 2 nitrogen and oxygen atoms in total. The lowest BCUT2D eigenvalue weighted by Crippen LogP contribution is -2.40. The lowest BCUT2D eigenvalue weighted by molar-refractivity contribution is 0.118. The van der Waals surface area contributed by atoms with E-state index < -0.39 is 0 Å². The zero-order valence-corrected chi connectivity index (χ0v) is 12.1. The average molecular weight is 297 g/mol. The predicted octanol–water partition coefficient (Wildman–Crippen LogP) is 3.53. The Balaban J connectivity index is 1.95. The zero-order chi connectivity index (χ0) is 12.1. The number of pyridine rings is 1. The van der Waals surface area contributed by atoms with Crippen LogP contribution in [0.15, 0.2) is 18.2 Å². The zero-order valence-electron chi connectivity index (χ0n) is 10.5. The van der Waals surface area contributed by atoms with E-state index in [1.807, 2.05) is 0 Å². The minimum atomic E-state index is 0.802. The number of aryl methyl sites for hydroxylation is 1. The van der Waals surface area contributed by atoms with Crippen LogP contribution in [0.5, 0.6) is 0 Å². The monoisotopic (exact) mass is 296 g/mol. The highest BCUT2D eigenvalue weighted by Crippen LogP contribution is 2.26. The van der Waals surface area contributed by atoms with Crippen molar-refractivity contribution >= 4 is 15.9 Å². The van der Waals surface area contributed by atoms with Gasteiger partial charge in [-0.05, 0) is 44.9 Å². The van der Waals surface area contributed by atoms with Crippen molar-refractivity contribution < 1.29 is 0 Å². The van der Waals surface area contributed by atoms with Gasteiger partial charge in [-0.2, -0.15) is 0 Å². The second-order valence-electron chi connectivity index (χ2n) is 4.87. The number of rotatable bonds is 6.